The molecular weight excluding hydrogens is 216 g/mol. The first-order valence-corrected chi connectivity index (χ1v) is 5.79. The smallest absolute Gasteiger partial charge is 0.223 e. The molecule has 0 radical (unpaired) electrons. The first-order valence-electron chi connectivity index (χ1n) is 5.79. The summed E-state index contributed by atoms with van der Waals surface area (Å²) in [4.78, 5) is 8.44. The van der Waals surface area contributed by atoms with Gasteiger partial charge in [0.1, 0.15) is 0 Å². The van der Waals surface area contributed by atoms with E-state index in [0.717, 1.165) is 5.56 Å². The van der Waals surface area contributed by atoms with Crippen LogP contribution in [0, 0.1) is 6.92 Å². The molecule has 2 aromatic rings. The van der Waals surface area contributed by atoms with Crippen molar-refractivity contribution in [3.63, 3.8) is 0 Å². The molecule has 0 amide bonds. The lowest BCUT2D eigenvalue weighted by molar-refractivity contribution is 0.381. The minimum atomic E-state index is -0.0198. The number of hydrogen-bond donors (Lipinski definition) is 1. The number of hydrogen-bond acceptors (Lipinski definition) is 5. The average Bonchev–Trinajstić information content (AvgIpc) is 3.08. The summed E-state index contributed by atoms with van der Waals surface area (Å²) in [6, 6.07) is 4.50. The standard InChI is InChI=1S/C12H14N4O/c1-8-14-12(16-17-8)11(15-10-4-5-10)9-3-2-6-13-7-9/h2-3,6-7,10-11,15H,4-5H2,1H3/t11-/m1/s1. The number of rotatable bonds is 4. The Morgan fingerprint density at radius 2 is 2.35 bits per heavy atom. The van der Waals surface area contributed by atoms with Crippen LogP contribution < -0.4 is 5.32 Å². The first-order chi connectivity index (χ1) is 8.33. The summed E-state index contributed by atoms with van der Waals surface area (Å²) in [6.45, 7) is 1.80. The Bertz CT molecular complexity index is 492. The highest BCUT2D eigenvalue weighted by Gasteiger charge is 2.28. The maximum Gasteiger partial charge on any atom is 0.223 e. The lowest BCUT2D eigenvalue weighted by Crippen LogP contribution is -2.25. The quantitative estimate of drug-likeness (QED) is 0.864. The summed E-state index contributed by atoms with van der Waals surface area (Å²) in [7, 11) is 0. The molecule has 0 aliphatic heterocycles. The molecule has 1 N–H and O–H groups in total. The lowest BCUT2D eigenvalue weighted by atomic mass is 10.1. The van der Waals surface area contributed by atoms with Crippen molar-refractivity contribution in [3.05, 3.63) is 41.8 Å². The van der Waals surface area contributed by atoms with E-state index in [9.17, 15) is 0 Å². The van der Waals surface area contributed by atoms with E-state index in [-0.39, 0.29) is 6.04 Å². The second kappa shape index (κ2) is 4.25. The Kier molecular flexibility index (Phi) is 2.60. The number of aromatic nitrogens is 3. The normalized spacial score (nSPS) is 17.0. The number of aryl methyl sites for hydroxylation is 1. The summed E-state index contributed by atoms with van der Waals surface area (Å²) in [5.74, 6) is 1.27. The first kappa shape index (κ1) is 10.4. The molecule has 2 heterocycles. The van der Waals surface area contributed by atoms with E-state index in [1.807, 2.05) is 18.3 Å². The van der Waals surface area contributed by atoms with Gasteiger partial charge in [0, 0.05) is 25.4 Å². The highest BCUT2D eigenvalue weighted by molar-refractivity contribution is 5.21. The maximum atomic E-state index is 5.05. The number of nitrogens with zero attached hydrogens (tertiary/aromatic N) is 3. The van der Waals surface area contributed by atoms with Gasteiger partial charge in [-0.25, -0.2) is 0 Å². The second-order valence-corrected chi connectivity index (χ2v) is 4.33. The van der Waals surface area contributed by atoms with Gasteiger partial charge in [-0.15, -0.1) is 0 Å². The summed E-state index contributed by atoms with van der Waals surface area (Å²) < 4.78 is 5.05. The van der Waals surface area contributed by atoms with E-state index < -0.39 is 0 Å². The van der Waals surface area contributed by atoms with E-state index in [0.29, 0.717) is 17.8 Å². The molecular formula is C12H14N4O. The van der Waals surface area contributed by atoms with Gasteiger partial charge in [-0.3, -0.25) is 4.98 Å². The topological polar surface area (TPSA) is 63.8 Å². The summed E-state index contributed by atoms with van der Waals surface area (Å²) in [6.07, 6.45) is 6.03. The molecule has 2 aromatic heterocycles. The highest BCUT2D eigenvalue weighted by Crippen LogP contribution is 2.26. The van der Waals surface area contributed by atoms with Crippen LogP contribution in [0.15, 0.2) is 29.0 Å². The molecule has 1 aliphatic rings. The van der Waals surface area contributed by atoms with E-state index in [2.05, 4.69) is 20.4 Å². The van der Waals surface area contributed by atoms with Crippen LogP contribution in [0.1, 0.15) is 36.2 Å². The highest BCUT2D eigenvalue weighted by atomic mass is 16.5. The third kappa shape index (κ3) is 2.34. The van der Waals surface area contributed by atoms with Gasteiger partial charge in [0.2, 0.25) is 5.89 Å². The summed E-state index contributed by atoms with van der Waals surface area (Å²) in [5.41, 5.74) is 1.07. The molecule has 88 valence electrons. The van der Waals surface area contributed by atoms with Crippen LogP contribution in [0.2, 0.25) is 0 Å². The van der Waals surface area contributed by atoms with Gasteiger partial charge < -0.3 is 9.84 Å². The fraction of sp³-hybridized carbons (Fsp3) is 0.417. The van der Waals surface area contributed by atoms with Crippen LogP contribution in [-0.4, -0.2) is 21.2 Å². The molecule has 5 nitrogen and oxygen atoms in total. The van der Waals surface area contributed by atoms with Gasteiger partial charge in [0.15, 0.2) is 5.82 Å². The van der Waals surface area contributed by atoms with Gasteiger partial charge in [0.25, 0.3) is 0 Å². The predicted octanol–water partition coefficient (Wildman–Crippen LogP) is 1.61. The molecule has 5 heteroatoms. The van der Waals surface area contributed by atoms with Crippen molar-refractivity contribution in [2.45, 2.75) is 31.8 Å². The van der Waals surface area contributed by atoms with Crippen LogP contribution in [-0.2, 0) is 0 Å². The Hall–Kier alpha value is -1.75. The second-order valence-electron chi connectivity index (χ2n) is 4.33. The molecule has 0 aromatic carbocycles. The van der Waals surface area contributed by atoms with Crippen molar-refractivity contribution in [2.75, 3.05) is 0 Å². The van der Waals surface area contributed by atoms with Crippen molar-refractivity contribution in [1.82, 2.24) is 20.4 Å². The fourth-order valence-corrected chi connectivity index (χ4v) is 1.78. The molecule has 0 saturated heterocycles. The van der Waals surface area contributed by atoms with E-state index in [1.165, 1.54) is 12.8 Å². The van der Waals surface area contributed by atoms with Crippen LogP contribution in [0.25, 0.3) is 0 Å². The SMILES string of the molecule is Cc1nc([C@H](NC2CC2)c2cccnc2)no1. The zero-order valence-electron chi connectivity index (χ0n) is 9.63. The van der Waals surface area contributed by atoms with Crippen LogP contribution >= 0.6 is 0 Å². The summed E-state index contributed by atoms with van der Waals surface area (Å²) >= 11 is 0. The van der Waals surface area contributed by atoms with Gasteiger partial charge in [0.05, 0.1) is 6.04 Å². The molecule has 1 fully saturated rings. The van der Waals surface area contributed by atoms with E-state index >= 15 is 0 Å². The predicted molar refractivity (Wildman–Crippen MR) is 61.3 cm³/mol. The van der Waals surface area contributed by atoms with E-state index in [4.69, 9.17) is 4.52 Å². The third-order valence-corrected chi connectivity index (χ3v) is 2.80. The van der Waals surface area contributed by atoms with Crippen molar-refractivity contribution in [1.29, 1.82) is 0 Å². The minimum Gasteiger partial charge on any atom is -0.340 e. The third-order valence-electron chi connectivity index (χ3n) is 2.80. The summed E-state index contributed by atoms with van der Waals surface area (Å²) in [5, 5.41) is 7.51. The zero-order valence-corrected chi connectivity index (χ0v) is 9.63. The Morgan fingerprint density at radius 3 is 2.94 bits per heavy atom. The van der Waals surface area contributed by atoms with Gasteiger partial charge in [-0.2, -0.15) is 4.98 Å². The van der Waals surface area contributed by atoms with Crippen LogP contribution in [0.5, 0.6) is 0 Å². The van der Waals surface area contributed by atoms with Crippen molar-refractivity contribution >= 4 is 0 Å². The molecule has 3 rings (SSSR count). The Labute approximate surface area is 99.3 Å². The monoisotopic (exact) mass is 230 g/mol. The largest absolute Gasteiger partial charge is 0.340 e. The lowest BCUT2D eigenvalue weighted by Gasteiger charge is -2.14. The van der Waals surface area contributed by atoms with Crippen molar-refractivity contribution < 1.29 is 4.52 Å². The van der Waals surface area contributed by atoms with Crippen molar-refractivity contribution in [3.8, 4) is 0 Å². The van der Waals surface area contributed by atoms with Gasteiger partial charge in [-0.1, -0.05) is 11.2 Å². The van der Waals surface area contributed by atoms with Crippen LogP contribution in [0.3, 0.4) is 0 Å². The van der Waals surface area contributed by atoms with Crippen molar-refractivity contribution in [2.24, 2.45) is 0 Å². The molecule has 0 unspecified atom stereocenters. The number of nitrogens with one attached hydrogen (secondary N) is 1. The molecule has 17 heavy (non-hydrogen) atoms. The molecule has 1 atom stereocenters. The van der Waals surface area contributed by atoms with Gasteiger partial charge >= 0.3 is 0 Å². The van der Waals surface area contributed by atoms with E-state index in [1.54, 1.807) is 13.1 Å². The fourth-order valence-electron chi connectivity index (χ4n) is 1.78. The minimum absolute atomic E-state index is 0.0198. The maximum absolute atomic E-state index is 5.05. The number of pyridine rings is 1. The zero-order chi connectivity index (χ0) is 11.7. The Morgan fingerprint density at radius 1 is 1.47 bits per heavy atom. The average molecular weight is 230 g/mol. The molecule has 0 spiro atoms. The molecule has 1 saturated carbocycles. The van der Waals surface area contributed by atoms with Gasteiger partial charge in [-0.05, 0) is 24.5 Å². The molecule has 0 bridgehead atoms. The Balaban J connectivity index is 1.91. The van der Waals surface area contributed by atoms with Crippen LogP contribution in [0.4, 0.5) is 0 Å². The molecule has 1 aliphatic carbocycles.